The Kier molecular flexibility index (Phi) is 5.35. The van der Waals surface area contributed by atoms with Gasteiger partial charge in [0.25, 0.3) is 10.1 Å². The van der Waals surface area contributed by atoms with E-state index < -0.39 is 10.1 Å². The molecule has 0 atom stereocenters. The third kappa shape index (κ3) is 4.24. The first kappa shape index (κ1) is 17.2. The van der Waals surface area contributed by atoms with Crippen molar-refractivity contribution in [3.05, 3.63) is 36.4 Å². The first-order valence-electron chi connectivity index (χ1n) is 7.97. The standard InChI is InChI=1S/C17H21NO5S/c19-24(20,21)17-4-1-3-14-5-6-15(13-16(14)17)23-10-2-7-18-8-11-22-12-9-18/h1,3-6,13H,2,7-12H2,(H,19,20,21). The Balaban J connectivity index is 1.65. The minimum absolute atomic E-state index is 0.0984. The Labute approximate surface area is 141 Å². The van der Waals surface area contributed by atoms with Crippen molar-refractivity contribution in [2.24, 2.45) is 0 Å². The highest BCUT2D eigenvalue weighted by Gasteiger charge is 2.14. The van der Waals surface area contributed by atoms with E-state index in [1.165, 1.54) is 6.07 Å². The van der Waals surface area contributed by atoms with E-state index in [1.54, 1.807) is 24.3 Å². The predicted molar refractivity (Wildman–Crippen MR) is 91.1 cm³/mol. The molecule has 24 heavy (non-hydrogen) atoms. The first-order valence-corrected chi connectivity index (χ1v) is 9.41. The summed E-state index contributed by atoms with van der Waals surface area (Å²) in [4.78, 5) is 2.24. The SMILES string of the molecule is O=S(=O)(O)c1cccc2ccc(OCCCN3CCOCC3)cc12. The van der Waals surface area contributed by atoms with Crippen LogP contribution in [0.2, 0.25) is 0 Å². The number of morpholine rings is 1. The van der Waals surface area contributed by atoms with Crippen LogP contribution in [0.3, 0.4) is 0 Å². The van der Waals surface area contributed by atoms with Crippen LogP contribution in [-0.2, 0) is 14.9 Å². The second-order valence-electron chi connectivity index (χ2n) is 5.77. The second kappa shape index (κ2) is 7.48. The number of rotatable bonds is 6. The van der Waals surface area contributed by atoms with Gasteiger partial charge < -0.3 is 9.47 Å². The van der Waals surface area contributed by atoms with Crippen molar-refractivity contribution in [3.63, 3.8) is 0 Å². The Hall–Kier alpha value is -1.67. The van der Waals surface area contributed by atoms with Crippen molar-refractivity contribution in [3.8, 4) is 5.75 Å². The van der Waals surface area contributed by atoms with Gasteiger partial charge >= 0.3 is 0 Å². The zero-order valence-electron chi connectivity index (χ0n) is 13.3. The summed E-state index contributed by atoms with van der Waals surface area (Å²) in [6.45, 7) is 4.97. The molecular weight excluding hydrogens is 330 g/mol. The largest absolute Gasteiger partial charge is 0.494 e. The van der Waals surface area contributed by atoms with Crippen LogP contribution in [0.4, 0.5) is 0 Å². The van der Waals surface area contributed by atoms with Gasteiger partial charge in [-0.1, -0.05) is 18.2 Å². The molecule has 0 aromatic heterocycles. The number of hydrogen-bond acceptors (Lipinski definition) is 5. The number of fused-ring (bicyclic) bond motifs is 1. The molecule has 2 aromatic carbocycles. The average Bonchev–Trinajstić information content (AvgIpc) is 2.58. The van der Waals surface area contributed by atoms with E-state index in [9.17, 15) is 13.0 Å². The molecule has 1 saturated heterocycles. The third-order valence-electron chi connectivity index (χ3n) is 4.08. The van der Waals surface area contributed by atoms with E-state index in [1.807, 2.05) is 6.07 Å². The molecule has 1 aliphatic rings. The van der Waals surface area contributed by atoms with Gasteiger partial charge in [-0.05, 0) is 30.0 Å². The lowest BCUT2D eigenvalue weighted by Gasteiger charge is -2.26. The Morgan fingerprint density at radius 2 is 1.96 bits per heavy atom. The van der Waals surface area contributed by atoms with E-state index in [2.05, 4.69) is 4.90 Å². The molecule has 0 bridgehead atoms. The van der Waals surface area contributed by atoms with Crippen LogP contribution in [0, 0.1) is 0 Å². The van der Waals surface area contributed by atoms with Crippen LogP contribution in [0.1, 0.15) is 6.42 Å². The summed E-state index contributed by atoms with van der Waals surface area (Å²) >= 11 is 0. The van der Waals surface area contributed by atoms with Crippen molar-refractivity contribution >= 4 is 20.9 Å². The van der Waals surface area contributed by atoms with E-state index in [0.29, 0.717) is 17.7 Å². The summed E-state index contributed by atoms with van der Waals surface area (Å²) in [7, 11) is -4.26. The van der Waals surface area contributed by atoms with Crippen LogP contribution in [0.25, 0.3) is 10.8 Å². The molecule has 2 aromatic rings. The van der Waals surface area contributed by atoms with Crippen molar-refractivity contribution < 1.29 is 22.4 Å². The van der Waals surface area contributed by atoms with Crippen LogP contribution >= 0.6 is 0 Å². The fourth-order valence-corrected chi connectivity index (χ4v) is 3.55. The molecular formula is C17H21NO5S. The van der Waals surface area contributed by atoms with Gasteiger partial charge in [0.2, 0.25) is 0 Å². The lowest BCUT2D eigenvalue weighted by atomic mass is 10.1. The molecule has 1 fully saturated rings. The van der Waals surface area contributed by atoms with E-state index in [-0.39, 0.29) is 4.90 Å². The summed E-state index contributed by atoms with van der Waals surface area (Å²) in [5.41, 5.74) is 0. The monoisotopic (exact) mass is 351 g/mol. The van der Waals surface area contributed by atoms with E-state index in [4.69, 9.17) is 9.47 Å². The summed E-state index contributed by atoms with van der Waals surface area (Å²) in [6.07, 6.45) is 0.887. The van der Waals surface area contributed by atoms with E-state index in [0.717, 1.165) is 44.7 Å². The molecule has 130 valence electrons. The number of ether oxygens (including phenoxy) is 2. The molecule has 0 aliphatic carbocycles. The predicted octanol–water partition coefficient (Wildman–Crippen LogP) is 2.19. The van der Waals surface area contributed by atoms with Gasteiger partial charge in [0.05, 0.1) is 19.8 Å². The highest BCUT2D eigenvalue weighted by atomic mass is 32.2. The maximum absolute atomic E-state index is 11.5. The minimum atomic E-state index is -4.26. The molecule has 7 heteroatoms. The molecule has 0 saturated carbocycles. The number of hydrogen-bond donors (Lipinski definition) is 1. The van der Waals surface area contributed by atoms with Crippen LogP contribution in [-0.4, -0.2) is 57.3 Å². The molecule has 1 heterocycles. The van der Waals surface area contributed by atoms with Gasteiger partial charge in [0, 0.05) is 25.0 Å². The second-order valence-corrected chi connectivity index (χ2v) is 7.16. The van der Waals surface area contributed by atoms with Gasteiger partial charge in [-0.15, -0.1) is 0 Å². The minimum Gasteiger partial charge on any atom is -0.494 e. The quantitative estimate of drug-likeness (QED) is 0.635. The smallest absolute Gasteiger partial charge is 0.295 e. The Morgan fingerprint density at radius 3 is 2.71 bits per heavy atom. The van der Waals surface area contributed by atoms with Crippen molar-refractivity contribution in [1.29, 1.82) is 0 Å². The van der Waals surface area contributed by atoms with Gasteiger partial charge in [0.15, 0.2) is 0 Å². The molecule has 6 nitrogen and oxygen atoms in total. The molecule has 1 N–H and O–H groups in total. The maximum atomic E-state index is 11.5. The first-order chi connectivity index (χ1) is 11.5. The molecule has 0 unspecified atom stereocenters. The van der Waals surface area contributed by atoms with Crippen molar-refractivity contribution in [2.75, 3.05) is 39.5 Å². The highest BCUT2D eigenvalue weighted by molar-refractivity contribution is 7.86. The lowest BCUT2D eigenvalue weighted by Crippen LogP contribution is -2.37. The average molecular weight is 351 g/mol. The summed E-state index contributed by atoms with van der Waals surface area (Å²) in [6, 6.07) is 10.1. The number of benzene rings is 2. The van der Waals surface area contributed by atoms with Gasteiger partial charge in [-0.3, -0.25) is 9.45 Å². The molecule has 0 spiro atoms. The zero-order valence-corrected chi connectivity index (χ0v) is 14.2. The third-order valence-corrected chi connectivity index (χ3v) is 4.99. The van der Waals surface area contributed by atoms with Gasteiger partial charge in [0.1, 0.15) is 10.6 Å². The van der Waals surface area contributed by atoms with Gasteiger partial charge in [-0.25, -0.2) is 0 Å². The summed E-state index contributed by atoms with van der Waals surface area (Å²) < 4.78 is 43.4. The van der Waals surface area contributed by atoms with Crippen molar-refractivity contribution in [1.82, 2.24) is 4.90 Å². The van der Waals surface area contributed by atoms with Crippen LogP contribution < -0.4 is 4.74 Å². The fraction of sp³-hybridized carbons (Fsp3) is 0.412. The topological polar surface area (TPSA) is 76.1 Å². The Bertz CT molecular complexity index is 800. The Morgan fingerprint density at radius 1 is 1.17 bits per heavy atom. The lowest BCUT2D eigenvalue weighted by molar-refractivity contribution is 0.0358. The summed E-state index contributed by atoms with van der Waals surface area (Å²) in [5, 5.41) is 1.21. The molecule has 1 aliphatic heterocycles. The molecule has 0 amide bonds. The zero-order chi connectivity index (χ0) is 17.0. The van der Waals surface area contributed by atoms with Crippen LogP contribution in [0.15, 0.2) is 41.3 Å². The van der Waals surface area contributed by atoms with Crippen molar-refractivity contribution in [2.45, 2.75) is 11.3 Å². The summed E-state index contributed by atoms with van der Waals surface area (Å²) in [5.74, 6) is 0.598. The fourth-order valence-electron chi connectivity index (χ4n) is 2.84. The normalized spacial score (nSPS) is 16.4. The van der Waals surface area contributed by atoms with Gasteiger partial charge in [-0.2, -0.15) is 8.42 Å². The molecule has 0 radical (unpaired) electrons. The molecule has 3 rings (SSSR count). The van der Waals surface area contributed by atoms with Crippen LogP contribution in [0.5, 0.6) is 5.75 Å². The van der Waals surface area contributed by atoms with E-state index >= 15 is 0 Å². The maximum Gasteiger partial charge on any atom is 0.295 e. The highest BCUT2D eigenvalue weighted by Crippen LogP contribution is 2.27. The number of nitrogens with zero attached hydrogens (tertiary/aromatic N) is 1.